The average Bonchev–Trinajstić information content (AvgIpc) is 3.26. The van der Waals surface area contributed by atoms with Gasteiger partial charge in [0.1, 0.15) is 0 Å². The highest BCUT2D eigenvalue weighted by Gasteiger charge is 2.20. The molecule has 0 aliphatic heterocycles. The zero-order valence-electron chi connectivity index (χ0n) is 20.2. The van der Waals surface area contributed by atoms with Gasteiger partial charge in [0, 0.05) is 35.1 Å². The van der Waals surface area contributed by atoms with Crippen molar-refractivity contribution in [1.29, 1.82) is 0 Å². The molecule has 0 fully saturated rings. The van der Waals surface area contributed by atoms with Crippen LogP contribution in [0, 0.1) is 0 Å². The predicted molar refractivity (Wildman–Crippen MR) is 140 cm³/mol. The predicted octanol–water partition coefficient (Wildman–Crippen LogP) is 3.26. The van der Waals surface area contributed by atoms with Crippen LogP contribution in [0.4, 0.5) is 5.69 Å². The number of amides is 1. The van der Waals surface area contributed by atoms with Gasteiger partial charge in [-0.15, -0.1) is 0 Å². The Morgan fingerprint density at radius 1 is 0.892 bits per heavy atom. The average molecular weight is 502 g/mol. The maximum absolute atomic E-state index is 12.8. The van der Waals surface area contributed by atoms with Gasteiger partial charge in [0.15, 0.2) is 5.88 Å². The van der Waals surface area contributed by atoms with Crippen LogP contribution in [0.2, 0.25) is 0 Å². The largest absolute Gasteiger partial charge is 0.494 e. The molecule has 0 aliphatic carbocycles. The number of nitrogens with one attached hydrogen (secondary N) is 1. The second-order valence-corrected chi connectivity index (χ2v) is 8.21. The Hall–Kier alpha value is -4.47. The highest BCUT2D eigenvalue weighted by atomic mass is 16.5. The molecule has 1 heterocycles. The van der Waals surface area contributed by atoms with Crippen LogP contribution in [0.25, 0.3) is 10.9 Å². The molecule has 0 spiro atoms. The fourth-order valence-electron chi connectivity index (χ4n) is 4.08. The van der Waals surface area contributed by atoms with Crippen molar-refractivity contribution in [2.24, 2.45) is 4.99 Å². The molecule has 0 radical (unpaired) electrons. The number of esters is 1. The quantitative estimate of drug-likeness (QED) is 0.205. The number of aromatic nitrogens is 1. The lowest BCUT2D eigenvalue weighted by Gasteiger charge is -2.20. The van der Waals surface area contributed by atoms with Crippen molar-refractivity contribution in [1.82, 2.24) is 9.88 Å². The number of nitrogens with zero attached hydrogens (tertiary/aromatic N) is 2. The minimum Gasteiger partial charge on any atom is -0.494 e. The summed E-state index contributed by atoms with van der Waals surface area (Å²) in [5.74, 6) is -0.895. The first-order chi connectivity index (χ1) is 18.0. The number of rotatable bonds is 9. The van der Waals surface area contributed by atoms with Crippen molar-refractivity contribution >= 4 is 34.2 Å². The monoisotopic (exact) mass is 501 g/mol. The molecule has 4 N–H and O–H groups in total. The topological polar surface area (TPSA) is 135 Å². The molecule has 4 aromatic rings. The molecule has 1 amide bonds. The van der Waals surface area contributed by atoms with Crippen molar-refractivity contribution in [2.45, 2.75) is 0 Å². The number of fused-ring (bicyclic) bond motifs is 1. The van der Waals surface area contributed by atoms with Gasteiger partial charge in [0.2, 0.25) is 0 Å². The van der Waals surface area contributed by atoms with Gasteiger partial charge in [-0.3, -0.25) is 4.79 Å². The maximum Gasteiger partial charge on any atom is 0.337 e. The molecule has 0 saturated carbocycles. The first-order valence-electron chi connectivity index (χ1n) is 11.7. The standard InChI is InChI=1S/C28H27N3O6/c1-37-28(36)20-9-12-22-23(17-20)30-26(34)24(22)25(18-5-3-2-4-6-18)29-21-10-7-19(8-11-21)27(35)31(13-15-32)14-16-33/h2-12,17,30,32-34H,13-16H2,1H3. The lowest BCUT2D eigenvalue weighted by Crippen LogP contribution is -2.35. The summed E-state index contributed by atoms with van der Waals surface area (Å²) < 4.78 is 4.80. The number of aromatic hydroxyl groups is 1. The number of H-pyrrole nitrogens is 1. The van der Waals surface area contributed by atoms with Gasteiger partial charge >= 0.3 is 5.97 Å². The van der Waals surface area contributed by atoms with Crippen LogP contribution in [0.3, 0.4) is 0 Å². The highest BCUT2D eigenvalue weighted by molar-refractivity contribution is 6.22. The zero-order chi connectivity index (χ0) is 26.4. The summed E-state index contributed by atoms with van der Waals surface area (Å²) in [6.07, 6.45) is 0. The van der Waals surface area contributed by atoms with Crippen molar-refractivity contribution in [2.75, 3.05) is 33.4 Å². The van der Waals surface area contributed by atoms with Crippen molar-refractivity contribution in [3.8, 4) is 5.88 Å². The van der Waals surface area contributed by atoms with E-state index in [0.717, 1.165) is 5.56 Å². The Morgan fingerprint density at radius 3 is 2.16 bits per heavy atom. The minimum absolute atomic E-state index is 0.102. The summed E-state index contributed by atoms with van der Waals surface area (Å²) in [4.78, 5) is 33.8. The number of aliphatic hydroxyl groups excluding tert-OH is 2. The number of hydrogen-bond acceptors (Lipinski definition) is 7. The third kappa shape index (κ3) is 5.53. The molecule has 0 aliphatic rings. The summed E-state index contributed by atoms with van der Waals surface area (Å²) in [5.41, 5.74) is 3.56. The molecule has 9 heteroatoms. The molecule has 0 saturated heterocycles. The molecular weight excluding hydrogens is 474 g/mol. The summed E-state index contributed by atoms with van der Waals surface area (Å²) in [5, 5.41) is 30.0. The van der Waals surface area contributed by atoms with Gasteiger partial charge in [-0.2, -0.15) is 0 Å². The number of aliphatic imine (C=N–C) groups is 1. The van der Waals surface area contributed by atoms with E-state index < -0.39 is 5.97 Å². The van der Waals surface area contributed by atoms with E-state index in [4.69, 9.17) is 9.73 Å². The molecule has 0 bridgehead atoms. The smallest absolute Gasteiger partial charge is 0.337 e. The SMILES string of the molecule is COC(=O)c1ccc2c(C(=Nc3ccc(C(=O)N(CCO)CCO)cc3)c3ccccc3)c(O)[nH]c2c1. The summed E-state index contributed by atoms with van der Waals surface area (Å²) in [7, 11) is 1.31. The summed E-state index contributed by atoms with van der Waals surface area (Å²) in [6, 6.07) is 21.0. The molecular formula is C28H27N3O6. The van der Waals surface area contributed by atoms with Crippen LogP contribution < -0.4 is 0 Å². The van der Waals surface area contributed by atoms with E-state index in [1.165, 1.54) is 12.0 Å². The molecule has 0 atom stereocenters. The van der Waals surface area contributed by atoms with Gasteiger partial charge in [-0.1, -0.05) is 36.4 Å². The molecule has 190 valence electrons. The van der Waals surface area contributed by atoms with Crippen LogP contribution in [-0.4, -0.2) is 76.2 Å². The van der Waals surface area contributed by atoms with E-state index in [-0.39, 0.29) is 38.1 Å². The minimum atomic E-state index is -0.485. The second-order valence-electron chi connectivity index (χ2n) is 8.21. The van der Waals surface area contributed by atoms with Gasteiger partial charge in [0.25, 0.3) is 5.91 Å². The molecule has 0 unspecified atom stereocenters. The summed E-state index contributed by atoms with van der Waals surface area (Å²) >= 11 is 0. The molecule has 37 heavy (non-hydrogen) atoms. The molecule has 9 nitrogen and oxygen atoms in total. The lowest BCUT2D eigenvalue weighted by atomic mass is 10.00. The van der Waals surface area contributed by atoms with Crippen LogP contribution in [0.1, 0.15) is 31.8 Å². The number of carbonyl (C=O) groups is 2. The van der Waals surface area contributed by atoms with E-state index in [0.29, 0.717) is 39.0 Å². The normalized spacial score (nSPS) is 11.5. The van der Waals surface area contributed by atoms with Gasteiger partial charge < -0.3 is 29.9 Å². The zero-order valence-corrected chi connectivity index (χ0v) is 20.2. The number of aliphatic hydroxyl groups is 2. The maximum atomic E-state index is 12.8. The lowest BCUT2D eigenvalue weighted by molar-refractivity contribution is 0.0600. The van der Waals surface area contributed by atoms with Crippen molar-refractivity contribution < 1.29 is 29.6 Å². The Kier molecular flexibility index (Phi) is 7.97. The van der Waals surface area contributed by atoms with E-state index in [1.54, 1.807) is 42.5 Å². The third-order valence-electron chi connectivity index (χ3n) is 5.87. The Bertz CT molecular complexity index is 1420. The Balaban J connectivity index is 1.77. The highest BCUT2D eigenvalue weighted by Crippen LogP contribution is 2.32. The number of benzene rings is 3. The van der Waals surface area contributed by atoms with E-state index in [9.17, 15) is 24.9 Å². The fraction of sp³-hybridized carbons (Fsp3) is 0.179. The van der Waals surface area contributed by atoms with Crippen LogP contribution in [0.5, 0.6) is 5.88 Å². The number of hydrogen-bond donors (Lipinski definition) is 4. The number of methoxy groups -OCH3 is 1. The fourth-order valence-corrected chi connectivity index (χ4v) is 4.08. The van der Waals surface area contributed by atoms with Crippen LogP contribution in [0.15, 0.2) is 77.8 Å². The van der Waals surface area contributed by atoms with Gasteiger partial charge in [-0.25, -0.2) is 9.79 Å². The molecule has 4 rings (SSSR count). The van der Waals surface area contributed by atoms with Gasteiger partial charge in [0.05, 0.1) is 42.8 Å². The van der Waals surface area contributed by atoms with Crippen molar-refractivity contribution in [3.05, 3.63) is 95.1 Å². The van der Waals surface area contributed by atoms with Gasteiger partial charge in [-0.05, 0) is 36.4 Å². The number of ether oxygens (including phenoxy) is 1. The second kappa shape index (κ2) is 11.5. The van der Waals surface area contributed by atoms with Crippen LogP contribution >= 0.6 is 0 Å². The van der Waals surface area contributed by atoms with Crippen LogP contribution in [-0.2, 0) is 4.74 Å². The van der Waals surface area contributed by atoms with Crippen molar-refractivity contribution in [3.63, 3.8) is 0 Å². The first kappa shape index (κ1) is 25.6. The first-order valence-corrected chi connectivity index (χ1v) is 11.7. The number of aromatic amines is 1. The Morgan fingerprint density at radius 2 is 1.54 bits per heavy atom. The molecule has 3 aromatic carbocycles. The van der Waals surface area contributed by atoms with E-state index in [2.05, 4.69) is 4.98 Å². The van der Waals surface area contributed by atoms with E-state index >= 15 is 0 Å². The Labute approximate surface area is 213 Å². The number of carbonyl (C=O) groups excluding carboxylic acids is 2. The summed E-state index contributed by atoms with van der Waals surface area (Å²) in [6.45, 7) is -0.169. The van der Waals surface area contributed by atoms with E-state index in [1.807, 2.05) is 30.3 Å². The molecule has 1 aromatic heterocycles. The third-order valence-corrected chi connectivity index (χ3v) is 5.87.